The van der Waals surface area contributed by atoms with Crippen LogP contribution < -0.4 is 4.74 Å². The van der Waals surface area contributed by atoms with Crippen LogP contribution in [-0.4, -0.2) is 48.4 Å². The molecule has 0 N–H and O–H groups in total. The van der Waals surface area contributed by atoms with Gasteiger partial charge in [0.1, 0.15) is 5.75 Å². The molecular formula is C22H26N2O3. The van der Waals surface area contributed by atoms with Gasteiger partial charge in [0.05, 0.1) is 13.2 Å². The molecule has 142 valence electrons. The molecule has 1 atom stereocenters. The van der Waals surface area contributed by atoms with Gasteiger partial charge in [0.15, 0.2) is 0 Å². The van der Waals surface area contributed by atoms with Gasteiger partial charge in [-0.25, -0.2) is 0 Å². The molecule has 2 amide bonds. The van der Waals surface area contributed by atoms with Crippen LogP contribution in [0.15, 0.2) is 54.6 Å². The zero-order chi connectivity index (χ0) is 19.2. The number of carbonyl (C=O) groups excluding carboxylic acids is 2. The van der Waals surface area contributed by atoms with E-state index in [2.05, 4.69) is 0 Å². The number of likely N-dealkylation sites (N-methyl/N-ethyl adjacent to an activating group) is 1. The molecule has 5 heteroatoms. The maximum absolute atomic E-state index is 12.7. The van der Waals surface area contributed by atoms with Crippen LogP contribution in [0.2, 0.25) is 0 Å². The molecule has 0 saturated carbocycles. The molecule has 1 fully saturated rings. The molecule has 2 aromatic rings. The van der Waals surface area contributed by atoms with Crippen molar-refractivity contribution in [1.29, 1.82) is 0 Å². The highest BCUT2D eigenvalue weighted by Gasteiger charge is 2.32. The molecule has 1 unspecified atom stereocenters. The number of benzene rings is 2. The summed E-state index contributed by atoms with van der Waals surface area (Å²) in [7, 11) is 1.76. The normalized spacial score (nSPS) is 16.4. The van der Waals surface area contributed by atoms with Gasteiger partial charge in [-0.2, -0.15) is 0 Å². The molecule has 2 aromatic carbocycles. The number of hydrogen-bond donors (Lipinski definition) is 0. The molecule has 1 aliphatic heterocycles. The predicted octanol–water partition coefficient (Wildman–Crippen LogP) is 3.06. The van der Waals surface area contributed by atoms with E-state index in [1.807, 2.05) is 61.5 Å². The Labute approximate surface area is 160 Å². The third kappa shape index (κ3) is 4.67. The van der Waals surface area contributed by atoms with Gasteiger partial charge in [0, 0.05) is 38.0 Å². The average Bonchev–Trinajstić information content (AvgIpc) is 3.04. The Kier molecular flexibility index (Phi) is 6.12. The summed E-state index contributed by atoms with van der Waals surface area (Å²) in [5.74, 6) is 0.931. The van der Waals surface area contributed by atoms with Gasteiger partial charge in [-0.1, -0.05) is 48.5 Å². The first-order valence-corrected chi connectivity index (χ1v) is 9.36. The minimum atomic E-state index is -0.0663. The summed E-state index contributed by atoms with van der Waals surface area (Å²) in [4.78, 5) is 28.3. The molecule has 3 rings (SSSR count). The molecule has 0 radical (unpaired) electrons. The van der Waals surface area contributed by atoms with Gasteiger partial charge in [-0.15, -0.1) is 0 Å². The van der Waals surface area contributed by atoms with Crippen molar-refractivity contribution in [3.8, 4) is 5.75 Å². The Morgan fingerprint density at radius 2 is 1.85 bits per heavy atom. The molecule has 1 heterocycles. The maximum atomic E-state index is 12.7. The fourth-order valence-electron chi connectivity index (χ4n) is 3.43. The number of nitrogens with zero attached hydrogens (tertiary/aromatic N) is 2. The number of hydrogen-bond acceptors (Lipinski definition) is 3. The van der Waals surface area contributed by atoms with E-state index in [4.69, 9.17) is 4.74 Å². The maximum Gasteiger partial charge on any atom is 0.242 e. The molecule has 1 saturated heterocycles. The molecule has 0 spiro atoms. The average molecular weight is 366 g/mol. The van der Waals surface area contributed by atoms with Crippen LogP contribution in [0.5, 0.6) is 5.75 Å². The van der Waals surface area contributed by atoms with Crippen molar-refractivity contribution in [2.75, 3.05) is 26.7 Å². The largest absolute Gasteiger partial charge is 0.494 e. The predicted molar refractivity (Wildman–Crippen MR) is 104 cm³/mol. The number of amides is 2. The molecule has 5 nitrogen and oxygen atoms in total. The lowest BCUT2D eigenvalue weighted by molar-refractivity contribution is -0.137. The molecule has 1 aliphatic rings. The third-order valence-electron chi connectivity index (χ3n) is 4.92. The third-order valence-corrected chi connectivity index (χ3v) is 4.92. The lowest BCUT2D eigenvalue weighted by Gasteiger charge is -2.23. The number of ether oxygens (including phenoxy) is 1. The van der Waals surface area contributed by atoms with Crippen LogP contribution in [0.3, 0.4) is 0 Å². The van der Waals surface area contributed by atoms with Crippen molar-refractivity contribution in [2.45, 2.75) is 25.8 Å². The fourth-order valence-corrected chi connectivity index (χ4v) is 3.43. The SMILES string of the molecule is CCOc1ccccc1CN(C)C(=O)CN1CC(c2ccccc2)CC1=O. The van der Waals surface area contributed by atoms with Gasteiger partial charge in [-0.3, -0.25) is 9.59 Å². The van der Waals surface area contributed by atoms with Crippen LogP contribution in [-0.2, 0) is 16.1 Å². The highest BCUT2D eigenvalue weighted by Crippen LogP contribution is 2.28. The smallest absolute Gasteiger partial charge is 0.242 e. The van der Waals surface area contributed by atoms with E-state index in [1.54, 1.807) is 16.8 Å². The fraction of sp³-hybridized carbons (Fsp3) is 0.364. The Balaban J connectivity index is 1.59. The summed E-state index contributed by atoms with van der Waals surface area (Å²) in [6, 6.07) is 17.7. The molecule has 27 heavy (non-hydrogen) atoms. The first-order chi connectivity index (χ1) is 13.1. The van der Waals surface area contributed by atoms with Gasteiger partial charge in [0.2, 0.25) is 11.8 Å². The number of carbonyl (C=O) groups is 2. The van der Waals surface area contributed by atoms with E-state index in [0.29, 0.717) is 26.1 Å². The molecule has 0 aliphatic carbocycles. The van der Waals surface area contributed by atoms with E-state index in [9.17, 15) is 9.59 Å². The summed E-state index contributed by atoms with van der Waals surface area (Å²) in [6.45, 7) is 3.69. The van der Waals surface area contributed by atoms with Crippen molar-refractivity contribution in [1.82, 2.24) is 9.80 Å². The van der Waals surface area contributed by atoms with Crippen molar-refractivity contribution >= 4 is 11.8 Å². The topological polar surface area (TPSA) is 49.9 Å². The van der Waals surface area contributed by atoms with Gasteiger partial charge in [0.25, 0.3) is 0 Å². The lowest BCUT2D eigenvalue weighted by Crippen LogP contribution is -2.38. The summed E-state index contributed by atoms with van der Waals surface area (Å²) in [6.07, 6.45) is 0.466. The quantitative estimate of drug-likeness (QED) is 0.757. The molecular weight excluding hydrogens is 340 g/mol. The van der Waals surface area contributed by atoms with Crippen LogP contribution in [0.1, 0.15) is 30.4 Å². The molecule has 0 bridgehead atoms. The summed E-state index contributed by atoms with van der Waals surface area (Å²) >= 11 is 0. The highest BCUT2D eigenvalue weighted by atomic mass is 16.5. The Hall–Kier alpha value is -2.82. The van der Waals surface area contributed by atoms with Crippen molar-refractivity contribution < 1.29 is 14.3 Å². The van der Waals surface area contributed by atoms with E-state index in [-0.39, 0.29) is 24.3 Å². The number of rotatable bonds is 7. The highest BCUT2D eigenvalue weighted by molar-refractivity contribution is 5.86. The lowest BCUT2D eigenvalue weighted by atomic mass is 9.99. The Morgan fingerprint density at radius 1 is 1.15 bits per heavy atom. The van der Waals surface area contributed by atoms with Gasteiger partial charge >= 0.3 is 0 Å². The standard InChI is InChI=1S/C22H26N2O3/c1-3-27-20-12-8-7-11-18(20)14-23(2)22(26)16-24-15-19(13-21(24)25)17-9-5-4-6-10-17/h4-12,19H,3,13-16H2,1-2H3. The monoisotopic (exact) mass is 366 g/mol. The zero-order valence-electron chi connectivity index (χ0n) is 15.9. The first-order valence-electron chi connectivity index (χ1n) is 9.36. The second-order valence-corrected chi connectivity index (χ2v) is 6.88. The zero-order valence-corrected chi connectivity index (χ0v) is 15.9. The van der Waals surface area contributed by atoms with E-state index >= 15 is 0 Å². The summed E-state index contributed by atoms with van der Waals surface area (Å²) in [5.41, 5.74) is 2.12. The van der Waals surface area contributed by atoms with Crippen LogP contribution in [0, 0.1) is 0 Å². The van der Waals surface area contributed by atoms with E-state index in [1.165, 1.54) is 0 Å². The number of likely N-dealkylation sites (tertiary alicyclic amines) is 1. The van der Waals surface area contributed by atoms with E-state index in [0.717, 1.165) is 16.9 Å². The van der Waals surface area contributed by atoms with Crippen LogP contribution in [0.25, 0.3) is 0 Å². The number of para-hydroxylation sites is 1. The Morgan fingerprint density at radius 3 is 2.59 bits per heavy atom. The molecule has 0 aromatic heterocycles. The van der Waals surface area contributed by atoms with Crippen LogP contribution in [0.4, 0.5) is 0 Å². The van der Waals surface area contributed by atoms with Crippen molar-refractivity contribution in [2.24, 2.45) is 0 Å². The Bertz CT molecular complexity index is 791. The second-order valence-electron chi connectivity index (χ2n) is 6.88. The summed E-state index contributed by atoms with van der Waals surface area (Å²) < 4.78 is 5.63. The van der Waals surface area contributed by atoms with Gasteiger partial charge in [-0.05, 0) is 18.6 Å². The van der Waals surface area contributed by atoms with Crippen LogP contribution >= 0.6 is 0 Å². The first kappa shape index (κ1) is 19.0. The minimum Gasteiger partial charge on any atom is -0.494 e. The second kappa shape index (κ2) is 8.71. The van der Waals surface area contributed by atoms with Crippen molar-refractivity contribution in [3.63, 3.8) is 0 Å². The minimum absolute atomic E-state index is 0.0420. The van der Waals surface area contributed by atoms with E-state index < -0.39 is 0 Å². The summed E-state index contributed by atoms with van der Waals surface area (Å²) in [5, 5.41) is 0. The van der Waals surface area contributed by atoms with Crippen molar-refractivity contribution in [3.05, 3.63) is 65.7 Å². The van der Waals surface area contributed by atoms with Gasteiger partial charge < -0.3 is 14.5 Å².